The Morgan fingerprint density at radius 1 is 1.60 bits per heavy atom. The highest BCUT2D eigenvalue weighted by Crippen LogP contribution is 2.15. The van der Waals surface area contributed by atoms with Crippen LogP contribution >= 0.6 is 0 Å². The molecular weight excluding hydrogens is 192 g/mol. The SMILES string of the molecule is CC(CCN)NC(=O)CC1CCCCO1. The van der Waals surface area contributed by atoms with Crippen LogP contribution in [0.5, 0.6) is 0 Å². The highest BCUT2D eigenvalue weighted by Gasteiger charge is 2.18. The summed E-state index contributed by atoms with van der Waals surface area (Å²) in [4.78, 5) is 11.6. The zero-order valence-electron chi connectivity index (χ0n) is 9.50. The first-order chi connectivity index (χ1) is 7.22. The first kappa shape index (κ1) is 12.5. The smallest absolute Gasteiger partial charge is 0.222 e. The monoisotopic (exact) mass is 214 g/mol. The van der Waals surface area contributed by atoms with Gasteiger partial charge in [0, 0.05) is 12.6 Å². The van der Waals surface area contributed by atoms with E-state index in [1.54, 1.807) is 0 Å². The third-order valence-corrected chi connectivity index (χ3v) is 2.69. The van der Waals surface area contributed by atoms with E-state index < -0.39 is 0 Å². The summed E-state index contributed by atoms with van der Waals surface area (Å²) in [6.07, 6.45) is 4.77. The fourth-order valence-electron chi connectivity index (χ4n) is 1.83. The summed E-state index contributed by atoms with van der Waals surface area (Å²) >= 11 is 0. The Morgan fingerprint density at radius 2 is 2.40 bits per heavy atom. The van der Waals surface area contributed by atoms with Crippen LogP contribution in [0.4, 0.5) is 0 Å². The lowest BCUT2D eigenvalue weighted by Gasteiger charge is -2.22. The second kappa shape index (κ2) is 6.80. The van der Waals surface area contributed by atoms with Gasteiger partial charge >= 0.3 is 0 Å². The van der Waals surface area contributed by atoms with Gasteiger partial charge in [-0.25, -0.2) is 0 Å². The molecule has 4 heteroatoms. The molecule has 2 unspecified atom stereocenters. The van der Waals surface area contributed by atoms with Gasteiger partial charge in [-0.3, -0.25) is 4.79 Å². The van der Waals surface area contributed by atoms with Gasteiger partial charge in [-0.2, -0.15) is 0 Å². The zero-order valence-corrected chi connectivity index (χ0v) is 9.50. The minimum atomic E-state index is 0.0860. The standard InChI is InChI=1S/C11H22N2O2/c1-9(5-6-12)13-11(14)8-10-4-2-3-7-15-10/h9-10H,2-8,12H2,1H3,(H,13,14). The van der Waals surface area contributed by atoms with Crippen molar-refractivity contribution < 1.29 is 9.53 Å². The summed E-state index contributed by atoms with van der Waals surface area (Å²) in [7, 11) is 0. The van der Waals surface area contributed by atoms with Crippen molar-refractivity contribution in [2.45, 2.75) is 51.2 Å². The van der Waals surface area contributed by atoms with Gasteiger partial charge in [0.2, 0.25) is 5.91 Å². The molecule has 0 spiro atoms. The molecule has 1 fully saturated rings. The van der Waals surface area contributed by atoms with E-state index in [1.807, 2.05) is 6.92 Å². The van der Waals surface area contributed by atoms with Gasteiger partial charge in [0.25, 0.3) is 0 Å². The summed E-state index contributed by atoms with van der Waals surface area (Å²) in [5, 5.41) is 2.93. The average molecular weight is 214 g/mol. The second-order valence-corrected chi connectivity index (χ2v) is 4.24. The molecule has 1 heterocycles. The van der Waals surface area contributed by atoms with Crippen molar-refractivity contribution in [3.8, 4) is 0 Å². The van der Waals surface area contributed by atoms with Crippen molar-refractivity contribution in [2.75, 3.05) is 13.2 Å². The number of ether oxygens (including phenoxy) is 1. The molecule has 0 aromatic heterocycles. The van der Waals surface area contributed by atoms with E-state index in [9.17, 15) is 4.79 Å². The second-order valence-electron chi connectivity index (χ2n) is 4.24. The van der Waals surface area contributed by atoms with E-state index in [2.05, 4.69) is 5.32 Å². The first-order valence-corrected chi connectivity index (χ1v) is 5.83. The predicted octanol–water partition coefficient (Wildman–Crippen LogP) is 0.799. The van der Waals surface area contributed by atoms with Crippen LogP contribution in [0.2, 0.25) is 0 Å². The van der Waals surface area contributed by atoms with E-state index in [1.165, 1.54) is 6.42 Å². The van der Waals surface area contributed by atoms with Crippen molar-refractivity contribution in [3.05, 3.63) is 0 Å². The number of nitrogens with two attached hydrogens (primary N) is 1. The third kappa shape index (κ3) is 5.14. The lowest BCUT2D eigenvalue weighted by molar-refractivity contribution is -0.125. The molecule has 0 aromatic carbocycles. The molecule has 0 bridgehead atoms. The van der Waals surface area contributed by atoms with E-state index in [-0.39, 0.29) is 18.1 Å². The third-order valence-electron chi connectivity index (χ3n) is 2.69. The lowest BCUT2D eigenvalue weighted by Crippen LogP contribution is -2.37. The van der Waals surface area contributed by atoms with Crippen molar-refractivity contribution in [2.24, 2.45) is 5.73 Å². The number of amides is 1. The van der Waals surface area contributed by atoms with Crippen LogP contribution in [0.25, 0.3) is 0 Å². The van der Waals surface area contributed by atoms with Crippen LogP contribution < -0.4 is 11.1 Å². The van der Waals surface area contributed by atoms with Crippen LogP contribution in [-0.2, 0) is 9.53 Å². The van der Waals surface area contributed by atoms with Gasteiger partial charge in [0.05, 0.1) is 12.5 Å². The molecule has 88 valence electrons. The maximum absolute atomic E-state index is 11.6. The summed E-state index contributed by atoms with van der Waals surface area (Å²) in [6.45, 7) is 3.39. The van der Waals surface area contributed by atoms with Gasteiger partial charge < -0.3 is 15.8 Å². The van der Waals surface area contributed by atoms with Crippen LogP contribution in [0.1, 0.15) is 39.0 Å². The molecule has 4 nitrogen and oxygen atoms in total. The molecule has 1 saturated heterocycles. The van der Waals surface area contributed by atoms with Crippen molar-refractivity contribution in [1.82, 2.24) is 5.32 Å². The van der Waals surface area contributed by atoms with E-state index >= 15 is 0 Å². The molecule has 0 aliphatic carbocycles. The Kier molecular flexibility index (Phi) is 5.65. The molecule has 1 aliphatic rings. The van der Waals surface area contributed by atoms with Crippen LogP contribution in [0, 0.1) is 0 Å². The topological polar surface area (TPSA) is 64.3 Å². The minimum Gasteiger partial charge on any atom is -0.378 e. The molecular formula is C11H22N2O2. The molecule has 1 aliphatic heterocycles. The van der Waals surface area contributed by atoms with Crippen LogP contribution in [0.3, 0.4) is 0 Å². The number of rotatable bonds is 5. The molecule has 0 aromatic rings. The quantitative estimate of drug-likeness (QED) is 0.711. The summed E-state index contributed by atoms with van der Waals surface area (Å²) in [5.41, 5.74) is 5.41. The Labute approximate surface area is 91.5 Å². The van der Waals surface area contributed by atoms with Gasteiger partial charge in [0.1, 0.15) is 0 Å². The molecule has 0 saturated carbocycles. The van der Waals surface area contributed by atoms with Crippen LogP contribution in [-0.4, -0.2) is 31.2 Å². The fourth-order valence-corrected chi connectivity index (χ4v) is 1.83. The molecule has 1 amide bonds. The van der Waals surface area contributed by atoms with Crippen molar-refractivity contribution in [3.63, 3.8) is 0 Å². The van der Waals surface area contributed by atoms with Crippen molar-refractivity contribution >= 4 is 5.91 Å². The number of hydrogen-bond acceptors (Lipinski definition) is 3. The molecule has 0 radical (unpaired) electrons. The molecule has 15 heavy (non-hydrogen) atoms. The number of carbonyl (C=O) groups excluding carboxylic acids is 1. The normalized spacial score (nSPS) is 23.5. The van der Waals surface area contributed by atoms with Gasteiger partial charge in [-0.1, -0.05) is 0 Å². The minimum absolute atomic E-state index is 0.0860. The van der Waals surface area contributed by atoms with Gasteiger partial charge in [0.15, 0.2) is 0 Å². The number of nitrogens with one attached hydrogen (secondary N) is 1. The zero-order chi connectivity index (χ0) is 11.1. The van der Waals surface area contributed by atoms with Gasteiger partial charge in [-0.05, 0) is 39.2 Å². The van der Waals surface area contributed by atoms with Crippen LogP contribution in [0.15, 0.2) is 0 Å². The highest BCUT2D eigenvalue weighted by molar-refractivity contribution is 5.76. The van der Waals surface area contributed by atoms with E-state index in [0.29, 0.717) is 13.0 Å². The van der Waals surface area contributed by atoms with Crippen molar-refractivity contribution in [1.29, 1.82) is 0 Å². The summed E-state index contributed by atoms with van der Waals surface area (Å²) in [6, 6.07) is 0.172. The lowest BCUT2D eigenvalue weighted by atomic mass is 10.1. The summed E-state index contributed by atoms with van der Waals surface area (Å²) in [5.74, 6) is 0.0860. The Morgan fingerprint density at radius 3 is 3.00 bits per heavy atom. The molecule has 2 atom stereocenters. The summed E-state index contributed by atoms with van der Waals surface area (Å²) < 4.78 is 5.50. The average Bonchev–Trinajstić information content (AvgIpc) is 2.19. The maximum atomic E-state index is 11.6. The first-order valence-electron chi connectivity index (χ1n) is 5.83. The number of carbonyl (C=O) groups is 1. The molecule has 1 rings (SSSR count). The maximum Gasteiger partial charge on any atom is 0.222 e. The molecule has 3 N–H and O–H groups in total. The Balaban J connectivity index is 2.16. The largest absolute Gasteiger partial charge is 0.378 e. The Bertz CT molecular complexity index is 191. The van der Waals surface area contributed by atoms with E-state index in [4.69, 9.17) is 10.5 Å². The van der Waals surface area contributed by atoms with E-state index in [0.717, 1.165) is 25.9 Å². The van der Waals surface area contributed by atoms with Gasteiger partial charge in [-0.15, -0.1) is 0 Å². The number of hydrogen-bond donors (Lipinski definition) is 2. The Hall–Kier alpha value is -0.610. The highest BCUT2D eigenvalue weighted by atomic mass is 16.5. The predicted molar refractivity (Wildman–Crippen MR) is 59.5 cm³/mol. The fraction of sp³-hybridized carbons (Fsp3) is 0.909.